The van der Waals surface area contributed by atoms with Gasteiger partial charge in [-0.25, -0.2) is 9.18 Å². The van der Waals surface area contributed by atoms with Crippen molar-refractivity contribution < 1.29 is 23.5 Å². The smallest absolute Gasteiger partial charge is 0.341 e. The zero-order valence-electron chi connectivity index (χ0n) is 16.4. The Bertz CT molecular complexity index is 941. The first-order valence-electron chi connectivity index (χ1n) is 9.43. The molecule has 3 rings (SSSR count). The lowest BCUT2D eigenvalue weighted by Gasteiger charge is -2.18. The molecule has 0 spiro atoms. The lowest BCUT2D eigenvalue weighted by Crippen LogP contribution is -2.31. The van der Waals surface area contributed by atoms with Crippen molar-refractivity contribution in [3.05, 3.63) is 51.7 Å². The summed E-state index contributed by atoms with van der Waals surface area (Å²) in [6, 6.07) is 5.98. The highest BCUT2D eigenvalue weighted by molar-refractivity contribution is 7.17. The number of likely N-dealkylation sites (N-methyl/N-ethyl adjacent to an activating group) is 1. The van der Waals surface area contributed by atoms with Crippen LogP contribution in [0.2, 0.25) is 0 Å². The Hall–Kier alpha value is -2.74. The number of fused-ring (bicyclic) bond motifs is 1. The van der Waals surface area contributed by atoms with Crippen LogP contribution in [-0.2, 0) is 33.7 Å². The molecule has 0 atom stereocenters. The fraction of sp³-hybridized carbons (Fsp3) is 0.381. The molecule has 0 saturated heterocycles. The monoisotopic (exact) mass is 418 g/mol. The molecule has 29 heavy (non-hydrogen) atoms. The largest absolute Gasteiger partial charge is 0.452 e. The Balaban J connectivity index is 1.66. The molecular weight excluding hydrogens is 395 g/mol. The second-order valence-electron chi connectivity index (χ2n) is 7.05. The van der Waals surface area contributed by atoms with E-state index < -0.39 is 18.5 Å². The highest BCUT2D eigenvalue weighted by Crippen LogP contribution is 2.38. The molecule has 0 radical (unpaired) electrons. The summed E-state index contributed by atoms with van der Waals surface area (Å²) in [5, 5.41) is 3.19. The third-order valence-corrected chi connectivity index (χ3v) is 5.93. The third-order valence-electron chi connectivity index (χ3n) is 4.73. The van der Waals surface area contributed by atoms with Crippen LogP contribution in [0.5, 0.6) is 0 Å². The van der Waals surface area contributed by atoms with E-state index in [1.807, 2.05) is 0 Å². The number of benzene rings is 1. The topological polar surface area (TPSA) is 75.7 Å². The van der Waals surface area contributed by atoms with E-state index in [0.717, 1.165) is 36.1 Å². The minimum absolute atomic E-state index is 0.207. The minimum Gasteiger partial charge on any atom is -0.452 e. The number of ether oxygens (including phenoxy) is 1. The molecule has 1 aliphatic rings. The molecular formula is C21H23FN2O4S. The first-order chi connectivity index (χ1) is 13.8. The molecule has 0 unspecified atom stereocenters. The molecule has 0 saturated carbocycles. The van der Waals surface area contributed by atoms with Gasteiger partial charge in [-0.15, -0.1) is 11.3 Å². The Kier molecular flexibility index (Phi) is 6.64. The molecule has 6 nitrogen and oxygen atoms in total. The lowest BCUT2D eigenvalue weighted by atomic mass is 9.95. The van der Waals surface area contributed by atoms with Crippen LogP contribution in [0.3, 0.4) is 0 Å². The van der Waals surface area contributed by atoms with E-state index in [0.29, 0.717) is 16.1 Å². The van der Waals surface area contributed by atoms with Crippen molar-refractivity contribution in [2.45, 2.75) is 39.2 Å². The average Bonchev–Trinajstić information content (AvgIpc) is 3.02. The number of thiophene rings is 1. The van der Waals surface area contributed by atoms with E-state index >= 15 is 0 Å². The van der Waals surface area contributed by atoms with Gasteiger partial charge in [-0.05, 0) is 48.9 Å². The molecule has 8 heteroatoms. The van der Waals surface area contributed by atoms with Gasteiger partial charge in [-0.1, -0.05) is 12.1 Å². The van der Waals surface area contributed by atoms with Crippen LogP contribution in [0.4, 0.5) is 9.39 Å². The highest BCUT2D eigenvalue weighted by Gasteiger charge is 2.27. The van der Waals surface area contributed by atoms with Gasteiger partial charge in [0.2, 0.25) is 5.91 Å². The van der Waals surface area contributed by atoms with Gasteiger partial charge in [-0.3, -0.25) is 9.59 Å². The summed E-state index contributed by atoms with van der Waals surface area (Å²) in [5.41, 5.74) is 1.92. The summed E-state index contributed by atoms with van der Waals surface area (Å²) in [6.45, 7) is 1.17. The maximum atomic E-state index is 13.3. The van der Waals surface area contributed by atoms with Crippen LogP contribution < -0.4 is 5.32 Å². The predicted molar refractivity (Wildman–Crippen MR) is 108 cm³/mol. The van der Waals surface area contributed by atoms with Crippen LogP contribution in [0, 0.1) is 5.82 Å². The first-order valence-corrected chi connectivity index (χ1v) is 10.2. The van der Waals surface area contributed by atoms with Crippen molar-refractivity contribution >= 4 is 34.1 Å². The van der Waals surface area contributed by atoms with Gasteiger partial charge >= 0.3 is 5.97 Å². The van der Waals surface area contributed by atoms with Gasteiger partial charge in [0, 0.05) is 25.4 Å². The zero-order valence-corrected chi connectivity index (χ0v) is 17.2. The Morgan fingerprint density at radius 2 is 2.00 bits per heavy atom. The van der Waals surface area contributed by atoms with Gasteiger partial charge in [0.1, 0.15) is 10.8 Å². The van der Waals surface area contributed by atoms with E-state index in [9.17, 15) is 18.8 Å². The summed E-state index contributed by atoms with van der Waals surface area (Å²) in [4.78, 5) is 39.0. The minimum atomic E-state index is -0.611. The van der Waals surface area contributed by atoms with Gasteiger partial charge in [0.15, 0.2) is 6.61 Å². The van der Waals surface area contributed by atoms with Crippen molar-refractivity contribution in [1.82, 2.24) is 4.90 Å². The second kappa shape index (κ2) is 9.17. The molecule has 0 fully saturated rings. The number of hydrogen-bond acceptors (Lipinski definition) is 5. The molecule has 1 N–H and O–H groups in total. The second-order valence-corrected chi connectivity index (χ2v) is 8.16. The zero-order chi connectivity index (χ0) is 21.0. The summed E-state index contributed by atoms with van der Waals surface area (Å²) in [5.74, 6) is -1.64. The number of nitrogens with zero attached hydrogens (tertiary/aromatic N) is 1. The Morgan fingerprint density at radius 1 is 1.24 bits per heavy atom. The van der Waals surface area contributed by atoms with Crippen molar-refractivity contribution in [2.24, 2.45) is 0 Å². The van der Waals surface area contributed by atoms with E-state index in [-0.39, 0.29) is 18.3 Å². The fourth-order valence-corrected chi connectivity index (χ4v) is 4.66. The number of halogens is 1. The molecule has 0 aliphatic heterocycles. The van der Waals surface area contributed by atoms with E-state index in [2.05, 4.69) is 5.32 Å². The van der Waals surface area contributed by atoms with Crippen molar-refractivity contribution in [2.75, 3.05) is 19.0 Å². The summed E-state index contributed by atoms with van der Waals surface area (Å²) < 4.78 is 18.6. The van der Waals surface area contributed by atoms with E-state index in [1.54, 1.807) is 19.2 Å². The van der Waals surface area contributed by atoms with E-state index in [1.165, 1.54) is 35.3 Å². The van der Waals surface area contributed by atoms with Crippen LogP contribution in [-0.4, -0.2) is 36.3 Å². The number of anilines is 1. The number of aryl methyl sites for hydroxylation is 1. The predicted octanol–water partition coefficient (Wildman–Crippen LogP) is 3.54. The van der Waals surface area contributed by atoms with Crippen molar-refractivity contribution in [3.8, 4) is 0 Å². The molecule has 2 aromatic rings. The Morgan fingerprint density at radius 3 is 2.72 bits per heavy atom. The van der Waals surface area contributed by atoms with Gasteiger partial charge < -0.3 is 15.0 Å². The quantitative estimate of drug-likeness (QED) is 0.728. The van der Waals surface area contributed by atoms with Gasteiger partial charge in [-0.2, -0.15) is 0 Å². The molecule has 0 bridgehead atoms. The normalized spacial score (nSPS) is 12.8. The standard InChI is InChI=1S/C21H23FN2O4S/c1-13(25)23-20-19(16-8-3-4-9-17(16)29-20)21(27)28-12-18(26)24(2)11-14-6-5-7-15(22)10-14/h5-7,10H,3-4,8-9,11-12H2,1-2H3,(H,23,25). The van der Waals surface area contributed by atoms with Crippen molar-refractivity contribution in [3.63, 3.8) is 0 Å². The van der Waals surface area contributed by atoms with Crippen LogP contribution in [0.25, 0.3) is 0 Å². The van der Waals surface area contributed by atoms with Gasteiger partial charge in [0.05, 0.1) is 5.56 Å². The molecule has 1 aliphatic carbocycles. The number of carbonyl (C=O) groups is 3. The number of nitrogens with one attached hydrogen (secondary N) is 1. The van der Waals surface area contributed by atoms with Crippen LogP contribution in [0.1, 0.15) is 46.1 Å². The fourth-order valence-electron chi connectivity index (χ4n) is 3.34. The van der Waals surface area contributed by atoms with E-state index in [4.69, 9.17) is 4.74 Å². The number of hydrogen-bond donors (Lipinski definition) is 1. The lowest BCUT2D eigenvalue weighted by molar-refractivity contribution is -0.133. The molecule has 1 aromatic heterocycles. The summed E-state index contributed by atoms with van der Waals surface area (Å²) >= 11 is 1.40. The first kappa shape index (κ1) is 21.0. The van der Waals surface area contributed by atoms with Crippen LogP contribution >= 0.6 is 11.3 Å². The number of amides is 2. The van der Waals surface area contributed by atoms with Crippen molar-refractivity contribution in [1.29, 1.82) is 0 Å². The summed E-state index contributed by atoms with van der Waals surface area (Å²) in [7, 11) is 1.57. The molecule has 154 valence electrons. The maximum Gasteiger partial charge on any atom is 0.341 e. The highest BCUT2D eigenvalue weighted by atomic mass is 32.1. The summed E-state index contributed by atoms with van der Waals surface area (Å²) in [6.07, 6.45) is 3.64. The number of carbonyl (C=O) groups excluding carboxylic acids is 3. The number of esters is 1. The average molecular weight is 418 g/mol. The third kappa shape index (κ3) is 5.20. The number of rotatable bonds is 6. The molecule has 1 aromatic carbocycles. The van der Waals surface area contributed by atoms with Crippen LogP contribution in [0.15, 0.2) is 24.3 Å². The van der Waals surface area contributed by atoms with Gasteiger partial charge in [0.25, 0.3) is 5.91 Å². The molecule has 1 heterocycles. The Labute approximate surface area is 172 Å². The SMILES string of the molecule is CC(=O)Nc1sc2c(c1C(=O)OCC(=O)N(C)Cc1cccc(F)c1)CCCC2. The molecule has 2 amide bonds. The maximum absolute atomic E-state index is 13.3.